The molecule has 1 saturated heterocycles. The summed E-state index contributed by atoms with van der Waals surface area (Å²) in [6.45, 7) is 4.55. The Labute approximate surface area is 140 Å². The molecule has 0 amide bonds. The van der Waals surface area contributed by atoms with Crippen LogP contribution in [0.1, 0.15) is 51.0 Å². The topological polar surface area (TPSA) is 29.5 Å². The van der Waals surface area contributed by atoms with E-state index in [9.17, 15) is 4.79 Å². The average Bonchev–Trinajstić information content (AvgIpc) is 2.55. The highest BCUT2D eigenvalue weighted by Gasteiger charge is 2.18. The molecule has 0 radical (unpaired) electrons. The van der Waals surface area contributed by atoms with E-state index in [0.29, 0.717) is 6.42 Å². The number of carbonyl (C=O) groups is 1. The number of benzene rings is 1. The number of hydrogen-bond donors (Lipinski definition) is 0. The van der Waals surface area contributed by atoms with Crippen molar-refractivity contribution in [2.75, 3.05) is 26.7 Å². The van der Waals surface area contributed by atoms with E-state index in [0.717, 1.165) is 43.0 Å². The van der Waals surface area contributed by atoms with Crippen molar-refractivity contribution < 1.29 is 9.53 Å². The fourth-order valence-electron chi connectivity index (χ4n) is 2.84. The van der Waals surface area contributed by atoms with Crippen LogP contribution in [0.3, 0.4) is 0 Å². The van der Waals surface area contributed by atoms with Crippen LogP contribution in [0, 0.1) is 0 Å². The van der Waals surface area contributed by atoms with Crippen molar-refractivity contribution in [2.24, 2.45) is 0 Å². The molecule has 3 nitrogen and oxygen atoms in total. The van der Waals surface area contributed by atoms with Gasteiger partial charge in [0, 0.05) is 30.6 Å². The molecule has 1 aromatic rings. The third-order valence-corrected chi connectivity index (χ3v) is 4.27. The fourth-order valence-corrected chi connectivity index (χ4v) is 2.84. The smallest absolute Gasteiger partial charge is 0.161 e. The number of carbonyl (C=O) groups excluding carboxylic acids is 1. The molecular weight excluding hydrogens is 286 g/mol. The molecule has 0 aromatic heterocycles. The molecule has 1 aromatic carbocycles. The zero-order valence-corrected chi connectivity index (χ0v) is 14.5. The summed E-state index contributed by atoms with van der Waals surface area (Å²) < 4.78 is 5.95. The van der Waals surface area contributed by atoms with E-state index in [2.05, 4.69) is 18.9 Å². The molecule has 1 aliphatic heterocycles. The molecule has 2 rings (SSSR count). The third-order valence-electron chi connectivity index (χ3n) is 4.27. The first-order chi connectivity index (χ1) is 11.2. The van der Waals surface area contributed by atoms with Crippen LogP contribution in [0.25, 0.3) is 6.08 Å². The zero-order chi connectivity index (χ0) is 16.5. The summed E-state index contributed by atoms with van der Waals surface area (Å²) >= 11 is 0. The van der Waals surface area contributed by atoms with Crippen molar-refractivity contribution in [1.29, 1.82) is 0 Å². The van der Waals surface area contributed by atoms with Crippen LogP contribution in [0.15, 0.2) is 29.8 Å². The SMILES string of the molecule is CCCCCCCOc1ccccc1/C=C1\CN(C)CCC1=O. The Morgan fingerprint density at radius 2 is 1.96 bits per heavy atom. The minimum Gasteiger partial charge on any atom is -0.493 e. The van der Waals surface area contributed by atoms with Crippen LogP contribution in [0.5, 0.6) is 5.75 Å². The van der Waals surface area contributed by atoms with E-state index in [1.807, 2.05) is 30.3 Å². The molecule has 0 unspecified atom stereocenters. The van der Waals surface area contributed by atoms with Gasteiger partial charge in [0.05, 0.1) is 6.61 Å². The number of rotatable bonds is 8. The van der Waals surface area contributed by atoms with Crippen molar-refractivity contribution in [3.63, 3.8) is 0 Å². The van der Waals surface area contributed by atoms with Gasteiger partial charge in [-0.2, -0.15) is 0 Å². The Kier molecular flexibility index (Phi) is 7.34. The van der Waals surface area contributed by atoms with Crippen LogP contribution in [-0.4, -0.2) is 37.4 Å². The second-order valence-corrected chi connectivity index (χ2v) is 6.38. The summed E-state index contributed by atoms with van der Waals surface area (Å²) in [7, 11) is 2.05. The maximum atomic E-state index is 12.1. The minimum absolute atomic E-state index is 0.262. The van der Waals surface area contributed by atoms with Gasteiger partial charge in [-0.3, -0.25) is 4.79 Å². The van der Waals surface area contributed by atoms with Crippen molar-refractivity contribution in [2.45, 2.75) is 45.4 Å². The number of likely N-dealkylation sites (N-methyl/N-ethyl adjacent to an activating group) is 1. The lowest BCUT2D eigenvalue weighted by Crippen LogP contribution is -2.32. The number of unbranched alkanes of at least 4 members (excludes halogenated alkanes) is 4. The van der Waals surface area contributed by atoms with Crippen LogP contribution in [0.4, 0.5) is 0 Å². The van der Waals surface area contributed by atoms with Crippen LogP contribution in [0.2, 0.25) is 0 Å². The molecule has 1 heterocycles. The van der Waals surface area contributed by atoms with E-state index in [-0.39, 0.29) is 5.78 Å². The first kappa shape index (κ1) is 17.7. The van der Waals surface area contributed by atoms with Gasteiger partial charge in [-0.05, 0) is 25.6 Å². The van der Waals surface area contributed by atoms with E-state index in [4.69, 9.17) is 4.74 Å². The van der Waals surface area contributed by atoms with Crippen LogP contribution < -0.4 is 4.74 Å². The summed E-state index contributed by atoms with van der Waals surface area (Å²) in [4.78, 5) is 14.3. The molecular formula is C20H29NO2. The highest BCUT2D eigenvalue weighted by Crippen LogP contribution is 2.23. The summed E-state index contributed by atoms with van der Waals surface area (Å²) in [6, 6.07) is 8.01. The number of hydrogen-bond acceptors (Lipinski definition) is 3. The van der Waals surface area contributed by atoms with Crippen molar-refractivity contribution in [1.82, 2.24) is 4.90 Å². The molecule has 0 saturated carbocycles. The van der Waals surface area contributed by atoms with Crippen LogP contribution >= 0.6 is 0 Å². The van der Waals surface area contributed by atoms with Crippen molar-refractivity contribution >= 4 is 11.9 Å². The molecule has 0 bridgehead atoms. The Hall–Kier alpha value is -1.61. The molecule has 126 valence electrons. The third kappa shape index (κ3) is 5.83. The van der Waals surface area contributed by atoms with E-state index < -0.39 is 0 Å². The second-order valence-electron chi connectivity index (χ2n) is 6.38. The Bertz CT molecular complexity index is 536. The second kappa shape index (κ2) is 9.51. The lowest BCUT2D eigenvalue weighted by atomic mass is 10.0. The summed E-state index contributed by atoms with van der Waals surface area (Å²) in [5.74, 6) is 1.15. The maximum Gasteiger partial charge on any atom is 0.161 e. The zero-order valence-electron chi connectivity index (χ0n) is 14.5. The van der Waals surface area contributed by atoms with E-state index in [1.165, 1.54) is 25.7 Å². The molecule has 23 heavy (non-hydrogen) atoms. The van der Waals surface area contributed by atoms with Gasteiger partial charge in [0.1, 0.15) is 5.75 Å². The molecule has 0 atom stereocenters. The molecule has 0 spiro atoms. The van der Waals surface area contributed by atoms with Gasteiger partial charge >= 0.3 is 0 Å². The average molecular weight is 315 g/mol. The van der Waals surface area contributed by atoms with E-state index >= 15 is 0 Å². The molecule has 1 fully saturated rings. The Balaban J connectivity index is 1.95. The highest BCUT2D eigenvalue weighted by atomic mass is 16.5. The number of para-hydroxylation sites is 1. The summed E-state index contributed by atoms with van der Waals surface area (Å²) in [6.07, 6.45) is 8.78. The minimum atomic E-state index is 0.262. The number of Topliss-reactive ketones (excluding diaryl/α,β-unsaturated/α-hetero) is 1. The summed E-state index contributed by atoms with van der Waals surface area (Å²) in [5, 5.41) is 0. The Morgan fingerprint density at radius 3 is 2.78 bits per heavy atom. The van der Waals surface area contributed by atoms with Gasteiger partial charge in [0.2, 0.25) is 0 Å². The highest BCUT2D eigenvalue weighted by molar-refractivity contribution is 6.01. The van der Waals surface area contributed by atoms with Crippen molar-refractivity contribution in [3.8, 4) is 5.75 Å². The Morgan fingerprint density at radius 1 is 1.17 bits per heavy atom. The van der Waals surface area contributed by atoms with Gasteiger partial charge < -0.3 is 9.64 Å². The van der Waals surface area contributed by atoms with E-state index in [1.54, 1.807) is 0 Å². The number of likely N-dealkylation sites (tertiary alicyclic amines) is 1. The van der Waals surface area contributed by atoms with Gasteiger partial charge in [0.15, 0.2) is 5.78 Å². The predicted molar refractivity (Wildman–Crippen MR) is 95.8 cm³/mol. The number of ether oxygens (including phenoxy) is 1. The molecule has 0 N–H and O–H groups in total. The molecule has 3 heteroatoms. The first-order valence-corrected chi connectivity index (χ1v) is 8.85. The maximum absolute atomic E-state index is 12.1. The van der Waals surface area contributed by atoms with Crippen LogP contribution in [-0.2, 0) is 4.79 Å². The molecule has 0 aliphatic carbocycles. The number of ketones is 1. The quantitative estimate of drug-likeness (QED) is 0.528. The van der Waals surface area contributed by atoms with Gasteiger partial charge in [-0.15, -0.1) is 0 Å². The monoisotopic (exact) mass is 315 g/mol. The number of nitrogens with zero attached hydrogens (tertiary/aromatic N) is 1. The largest absolute Gasteiger partial charge is 0.493 e. The number of piperidine rings is 1. The standard InChI is InChI=1S/C20H29NO2/c1-3-4-5-6-9-14-23-20-11-8-7-10-17(20)15-18-16-21(2)13-12-19(18)22/h7-8,10-11,15H,3-6,9,12-14,16H2,1-2H3/b18-15+. The van der Waals surface area contributed by atoms with Gasteiger partial charge in [0.25, 0.3) is 0 Å². The van der Waals surface area contributed by atoms with Gasteiger partial charge in [-0.25, -0.2) is 0 Å². The van der Waals surface area contributed by atoms with Gasteiger partial charge in [-0.1, -0.05) is 50.8 Å². The normalized spacial score (nSPS) is 17.7. The van der Waals surface area contributed by atoms with Crippen molar-refractivity contribution in [3.05, 3.63) is 35.4 Å². The first-order valence-electron chi connectivity index (χ1n) is 8.85. The summed E-state index contributed by atoms with van der Waals surface area (Å²) in [5.41, 5.74) is 1.90. The molecule has 1 aliphatic rings. The lowest BCUT2D eigenvalue weighted by molar-refractivity contribution is -0.117. The lowest BCUT2D eigenvalue weighted by Gasteiger charge is -2.23. The fraction of sp³-hybridized carbons (Fsp3) is 0.550. The predicted octanol–water partition coefficient (Wildman–Crippen LogP) is 4.32.